The minimum absolute atomic E-state index is 0.140. The SMILES string of the molecule is Cc1nc2cc(Br)cc(F)c2n1C1CC(C)(O)C1. The van der Waals surface area contributed by atoms with Gasteiger partial charge in [0.05, 0.1) is 11.1 Å². The van der Waals surface area contributed by atoms with E-state index in [0.29, 0.717) is 28.3 Å². The van der Waals surface area contributed by atoms with Crippen molar-refractivity contribution in [2.75, 3.05) is 0 Å². The lowest BCUT2D eigenvalue weighted by molar-refractivity contribution is -0.0504. The summed E-state index contributed by atoms with van der Waals surface area (Å²) in [6.07, 6.45) is 1.30. The molecule has 0 amide bonds. The molecule has 3 nitrogen and oxygen atoms in total. The van der Waals surface area contributed by atoms with Crippen molar-refractivity contribution in [1.29, 1.82) is 0 Å². The molecule has 1 aromatic heterocycles. The number of hydrogen-bond acceptors (Lipinski definition) is 2. The van der Waals surface area contributed by atoms with Crippen molar-refractivity contribution in [1.82, 2.24) is 9.55 Å². The number of aromatic nitrogens is 2. The summed E-state index contributed by atoms with van der Waals surface area (Å²) < 4.78 is 16.7. The molecule has 1 saturated carbocycles. The standard InChI is InChI=1S/C13H14BrFN2O/c1-7-16-11-4-8(14)3-10(15)12(11)17(7)9-5-13(2,18)6-9/h3-4,9,18H,5-6H2,1-2H3. The zero-order valence-corrected chi connectivity index (χ0v) is 11.8. The van der Waals surface area contributed by atoms with E-state index in [9.17, 15) is 9.50 Å². The Morgan fingerprint density at radius 1 is 1.50 bits per heavy atom. The van der Waals surface area contributed by atoms with E-state index in [1.54, 1.807) is 0 Å². The quantitative estimate of drug-likeness (QED) is 0.877. The van der Waals surface area contributed by atoms with Crippen LogP contribution in [0, 0.1) is 12.7 Å². The molecular formula is C13H14BrFN2O. The van der Waals surface area contributed by atoms with Gasteiger partial charge in [0.1, 0.15) is 17.2 Å². The van der Waals surface area contributed by atoms with Crippen molar-refractivity contribution in [3.05, 3.63) is 28.2 Å². The van der Waals surface area contributed by atoms with Crippen molar-refractivity contribution < 1.29 is 9.50 Å². The van der Waals surface area contributed by atoms with Crippen LogP contribution in [0.25, 0.3) is 11.0 Å². The first-order valence-electron chi connectivity index (χ1n) is 5.93. The third-order valence-electron chi connectivity index (χ3n) is 3.60. The molecule has 1 fully saturated rings. The molecule has 2 aromatic rings. The van der Waals surface area contributed by atoms with Crippen LogP contribution in [-0.4, -0.2) is 20.3 Å². The van der Waals surface area contributed by atoms with Crippen molar-refractivity contribution in [3.63, 3.8) is 0 Å². The summed E-state index contributed by atoms with van der Waals surface area (Å²) in [6, 6.07) is 3.41. The lowest BCUT2D eigenvalue weighted by atomic mass is 9.77. The highest BCUT2D eigenvalue weighted by Gasteiger charge is 2.40. The lowest BCUT2D eigenvalue weighted by Gasteiger charge is -2.42. The molecule has 1 aliphatic rings. The minimum Gasteiger partial charge on any atom is -0.390 e. The smallest absolute Gasteiger partial charge is 0.150 e. The molecule has 0 saturated heterocycles. The molecule has 0 spiro atoms. The lowest BCUT2D eigenvalue weighted by Crippen LogP contribution is -2.42. The van der Waals surface area contributed by atoms with E-state index < -0.39 is 5.60 Å². The maximum atomic E-state index is 14.1. The van der Waals surface area contributed by atoms with Crippen LogP contribution in [0.2, 0.25) is 0 Å². The van der Waals surface area contributed by atoms with Gasteiger partial charge >= 0.3 is 0 Å². The maximum absolute atomic E-state index is 14.1. The van der Waals surface area contributed by atoms with Gasteiger partial charge in [-0.3, -0.25) is 0 Å². The fraction of sp³-hybridized carbons (Fsp3) is 0.462. The Bertz CT molecular complexity index is 627. The Morgan fingerprint density at radius 3 is 2.78 bits per heavy atom. The molecule has 5 heteroatoms. The Kier molecular flexibility index (Phi) is 2.54. The largest absolute Gasteiger partial charge is 0.390 e. The second-order valence-electron chi connectivity index (χ2n) is 5.34. The van der Waals surface area contributed by atoms with Gasteiger partial charge in [0.15, 0.2) is 0 Å². The molecule has 1 aromatic carbocycles. The summed E-state index contributed by atoms with van der Waals surface area (Å²) in [4.78, 5) is 4.40. The van der Waals surface area contributed by atoms with Crippen molar-refractivity contribution in [2.24, 2.45) is 0 Å². The minimum atomic E-state index is -0.625. The molecule has 0 radical (unpaired) electrons. The van der Waals surface area contributed by atoms with E-state index in [0.717, 1.165) is 5.82 Å². The molecule has 3 rings (SSSR count). The Balaban J connectivity index is 2.15. The predicted octanol–water partition coefficient (Wildman–Crippen LogP) is 3.33. The predicted molar refractivity (Wildman–Crippen MR) is 71.0 cm³/mol. The Labute approximate surface area is 113 Å². The monoisotopic (exact) mass is 312 g/mol. The van der Waals surface area contributed by atoms with E-state index in [1.807, 2.05) is 24.5 Å². The molecule has 96 valence electrons. The van der Waals surface area contributed by atoms with Gasteiger partial charge in [-0.2, -0.15) is 0 Å². The third-order valence-corrected chi connectivity index (χ3v) is 4.05. The summed E-state index contributed by atoms with van der Waals surface area (Å²) in [5.74, 6) is 0.522. The van der Waals surface area contributed by atoms with Gasteiger partial charge in [0.25, 0.3) is 0 Å². The number of imidazole rings is 1. The molecule has 0 atom stereocenters. The fourth-order valence-corrected chi connectivity index (χ4v) is 3.27. The first kappa shape index (κ1) is 12.1. The first-order valence-corrected chi connectivity index (χ1v) is 6.73. The molecule has 1 heterocycles. The zero-order valence-electron chi connectivity index (χ0n) is 10.2. The first-order chi connectivity index (χ1) is 8.37. The van der Waals surface area contributed by atoms with Crippen molar-refractivity contribution >= 4 is 27.0 Å². The molecular weight excluding hydrogens is 299 g/mol. The van der Waals surface area contributed by atoms with Gasteiger partial charge in [-0.05, 0) is 38.8 Å². The normalized spacial score (nSPS) is 27.5. The van der Waals surface area contributed by atoms with E-state index >= 15 is 0 Å². The van der Waals surface area contributed by atoms with E-state index in [-0.39, 0.29) is 11.9 Å². The number of aliphatic hydroxyl groups is 1. The van der Waals surface area contributed by atoms with Gasteiger partial charge in [0, 0.05) is 10.5 Å². The van der Waals surface area contributed by atoms with Gasteiger partial charge in [-0.25, -0.2) is 9.37 Å². The van der Waals surface area contributed by atoms with Crippen LogP contribution in [0.3, 0.4) is 0 Å². The van der Waals surface area contributed by atoms with Crippen LogP contribution in [-0.2, 0) is 0 Å². The average Bonchev–Trinajstić information content (AvgIpc) is 2.50. The number of hydrogen-bond donors (Lipinski definition) is 1. The van der Waals surface area contributed by atoms with Gasteiger partial charge < -0.3 is 9.67 Å². The molecule has 18 heavy (non-hydrogen) atoms. The van der Waals surface area contributed by atoms with Gasteiger partial charge in [0.2, 0.25) is 0 Å². The van der Waals surface area contributed by atoms with Gasteiger partial charge in [-0.1, -0.05) is 15.9 Å². The van der Waals surface area contributed by atoms with Crippen molar-refractivity contribution in [3.8, 4) is 0 Å². The molecule has 0 bridgehead atoms. The van der Waals surface area contributed by atoms with Crippen LogP contribution < -0.4 is 0 Å². The average molecular weight is 313 g/mol. The summed E-state index contributed by atoms with van der Waals surface area (Å²) in [5.41, 5.74) is 0.571. The Hall–Kier alpha value is -0.940. The van der Waals surface area contributed by atoms with Crippen molar-refractivity contribution in [2.45, 2.75) is 38.3 Å². The van der Waals surface area contributed by atoms with Crippen LogP contribution in [0.1, 0.15) is 31.6 Å². The highest BCUT2D eigenvalue weighted by atomic mass is 79.9. The summed E-state index contributed by atoms with van der Waals surface area (Å²) in [5, 5.41) is 9.82. The number of halogens is 2. The number of benzene rings is 1. The van der Waals surface area contributed by atoms with Crippen LogP contribution in [0.15, 0.2) is 16.6 Å². The topological polar surface area (TPSA) is 38.0 Å². The number of nitrogens with zero attached hydrogens (tertiary/aromatic N) is 2. The molecule has 0 unspecified atom stereocenters. The number of fused-ring (bicyclic) bond motifs is 1. The second kappa shape index (κ2) is 3.78. The third kappa shape index (κ3) is 1.77. The molecule has 1 aliphatic carbocycles. The van der Waals surface area contributed by atoms with E-state index in [1.165, 1.54) is 6.07 Å². The van der Waals surface area contributed by atoms with Gasteiger partial charge in [-0.15, -0.1) is 0 Å². The fourth-order valence-electron chi connectivity index (χ4n) is 2.85. The summed E-state index contributed by atoms with van der Waals surface area (Å²) >= 11 is 3.27. The summed E-state index contributed by atoms with van der Waals surface area (Å²) in [6.45, 7) is 3.69. The number of rotatable bonds is 1. The highest BCUT2D eigenvalue weighted by molar-refractivity contribution is 9.10. The molecule has 1 N–H and O–H groups in total. The van der Waals surface area contributed by atoms with Crippen LogP contribution in [0.5, 0.6) is 0 Å². The maximum Gasteiger partial charge on any atom is 0.150 e. The molecule has 0 aliphatic heterocycles. The number of aryl methyl sites for hydroxylation is 1. The second-order valence-corrected chi connectivity index (χ2v) is 6.26. The van der Waals surface area contributed by atoms with E-state index in [2.05, 4.69) is 20.9 Å². The highest BCUT2D eigenvalue weighted by Crippen LogP contribution is 2.43. The van der Waals surface area contributed by atoms with Crippen LogP contribution >= 0.6 is 15.9 Å². The summed E-state index contributed by atoms with van der Waals surface area (Å²) in [7, 11) is 0. The Morgan fingerprint density at radius 2 is 2.17 bits per heavy atom. The van der Waals surface area contributed by atoms with Crippen LogP contribution in [0.4, 0.5) is 4.39 Å². The zero-order chi connectivity index (χ0) is 13.1. The van der Waals surface area contributed by atoms with E-state index in [4.69, 9.17) is 0 Å².